The Hall–Kier alpha value is -1.13. The smallest absolute Gasteiger partial charge is 0.0489 e. The minimum atomic E-state index is -2.15. The molecule has 4 heteroatoms. The predicted molar refractivity (Wildman–Crippen MR) is 50.1 cm³/mol. The van der Waals surface area contributed by atoms with Crippen molar-refractivity contribution in [3.05, 3.63) is 30.5 Å². The van der Waals surface area contributed by atoms with Crippen molar-refractivity contribution in [2.45, 2.75) is 4.90 Å². The summed E-state index contributed by atoms with van der Waals surface area (Å²) in [6, 6.07) is 7.05. The number of hydrogen-bond donors (Lipinski definition) is 0. The van der Waals surface area contributed by atoms with Crippen LogP contribution in [-0.4, -0.2) is 13.3 Å². The van der Waals surface area contributed by atoms with Gasteiger partial charge in [0.2, 0.25) is 0 Å². The maximum absolute atomic E-state index is 10.8. The molecule has 0 saturated heterocycles. The van der Waals surface area contributed by atoms with Crippen molar-refractivity contribution in [1.82, 2.24) is 4.57 Å². The van der Waals surface area contributed by atoms with Gasteiger partial charge in [-0.1, -0.05) is 6.07 Å². The molecule has 1 aromatic carbocycles. The third-order valence-corrected chi connectivity index (χ3v) is 2.78. The predicted octanol–water partition coefficient (Wildman–Crippen LogP) is 1.42. The summed E-state index contributed by atoms with van der Waals surface area (Å²) in [5, 5.41) is 0.776. The summed E-state index contributed by atoms with van der Waals surface area (Å²) in [6.45, 7) is 0. The van der Waals surface area contributed by atoms with Crippen LogP contribution in [0.2, 0.25) is 0 Å². The fourth-order valence-electron chi connectivity index (χ4n) is 1.42. The van der Waals surface area contributed by atoms with Gasteiger partial charge in [-0.3, -0.25) is 4.21 Å². The number of fused-ring (bicyclic) bond motifs is 1. The molecule has 13 heavy (non-hydrogen) atoms. The summed E-state index contributed by atoms with van der Waals surface area (Å²) in [4.78, 5) is 0.359. The molecule has 1 unspecified atom stereocenters. The van der Waals surface area contributed by atoms with Crippen LogP contribution in [0.3, 0.4) is 0 Å². The molecule has 0 radical (unpaired) electrons. The highest BCUT2D eigenvalue weighted by Gasteiger charge is 2.02. The van der Waals surface area contributed by atoms with E-state index in [1.807, 2.05) is 23.9 Å². The van der Waals surface area contributed by atoms with Crippen LogP contribution in [0.1, 0.15) is 0 Å². The number of rotatable bonds is 1. The number of benzene rings is 1. The maximum Gasteiger partial charge on any atom is 0.0489 e. The lowest BCUT2D eigenvalue weighted by atomic mass is 10.2. The average Bonchev–Trinajstić information content (AvgIpc) is 2.48. The Morgan fingerprint density at radius 1 is 1.38 bits per heavy atom. The molecule has 0 aliphatic rings. The molecule has 0 bridgehead atoms. The zero-order valence-electron chi connectivity index (χ0n) is 7.06. The monoisotopic (exact) mass is 194 g/mol. The molecule has 1 aromatic heterocycles. The molecular weight excluding hydrogens is 186 g/mol. The van der Waals surface area contributed by atoms with E-state index in [4.69, 9.17) is 0 Å². The van der Waals surface area contributed by atoms with E-state index in [0.717, 1.165) is 10.9 Å². The molecule has 3 nitrogen and oxygen atoms in total. The van der Waals surface area contributed by atoms with E-state index < -0.39 is 11.1 Å². The Morgan fingerprint density at radius 2 is 2.15 bits per heavy atom. The molecule has 0 aliphatic carbocycles. The van der Waals surface area contributed by atoms with E-state index in [1.54, 1.807) is 18.2 Å². The number of aromatic nitrogens is 1. The summed E-state index contributed by atoms with van der Waals surface area (Å²) < 4.78 is 23.5. The minimum absolute atomic E-state index is 0.359. The van der Waals surface area contributed by atoms with Crippen LogP contribution in [0.4, 0.5) is 0 Å². The Kier molecular flexibility index (Phi) is 1.94. The fraction of sp³-hybridized carbons (Fsp3) is 0.111. The third kappa shape index (κ3) is 1.28. The minimum Gasteiger partial charge on any atom is -0.768 e. The van der Waals surface area contributed by atoms with Crippen LogP contribution < -0.4 is 0 Å². The molecule has 0 amide bonds. The Labute approximate surface area is 78.3 Å². The molecule has 68 valence electrons. The molecule has 0 fully saturated rings. The number of aryl methyl sites for hydroxylation is 1. The van der Waals surface area contributed by atoms with Crippen LogP contribution in [0, 0.1) is 0 Å². The quantitative estimate of drug-likeness (QED) is 0.644. The van der Waals surface area contributed by atoms with E-state index in [0.29, 0.717) is 4.90 Å². The first-order valence-corrected chi connectivity index (χ1v) is 4.91. The molecule has 2 aromatic rings. The highest BCUT2D eigenvalue weighted by atomic mass is 32.2. The van der Waals surface area contributed by atoms with Crippen LogP contribution in [0.25, 0.3) is 10.9 Å². The molecule has 0 spiro atoms. The van der Waals surface area contributed by atoms with Gasteiger partial charge in [-0.25, -0.2) is 0 Å². The zero-order chi connectivity index (χ0) is 9.42. The lowest BCUT2D eigenvalue weighted by Crippen LogP contribution is -1.90. The van der Waals surface area contributed by atoms with Crippen LogP contribution in [0.5, 0.6) is 0 Å². The molecule has 0 N–H and O–H groups in total. The lowest BCUT2D eigenvalue weighted by molar-refractivity contribution is 0.538. The van der Waals surface area contributed by atoms with Crippen molar-refractivity contribution in [2.75, 3.05) is 0 Å². The third-order valence-electron chi connectivity index (χ3n) is 2.07. The second-order valence-corrected chi connectivity index (χ2v) is 3.76. The van der Waals surface area contributed by atoms with Gasteiger partial charge in [0, 0.05) is 29.0 Å². The maximum atomic E-state index is 10.8. The average molecular weight is 194 g/mol. The van der Waals surface area contributed by atoms with Gasteiger partial charge in [-0.15, -0.1) is 0 Å². The second-order valence-electron chi connectivity index (χ2n) is 2.85. The van der Waals surface area contributed by atoms with Gasteiger partial charge in [0.05, 0.1) is 0 Å². The van der Waals surface area contributed by atoms with Gasteiger partial charge < -0.3 is 9.12 Å². The number of nitrogens with zero attached hydrogens (tertiary/aromatic N) is 1. The summed E-state index contributed by atoms with van der Waals surface area (Å²) in [5.41, 5.74) is 0.932. The van der Waals surface area contributed by atoms with Crippen molar-refractivity contribution in [3.8, 4) is 0 Å². The van der Waals surface area contributed by atoms with Crippen LogP contribution in [-0.2, 0) is 18.1 Å². The first-order chi connectivity index (χ1) is 6.20. The molecule has 1 heterocycles. The van der Waals surface area contributed by atoms with E-state index in [-0.39, 0.29) is 0 Å². The Balaban J connectivity index is 2.84. The summed E-state index contributed by atoms with van der Waals surface area (Å²) >= 11 is -2.15. The summed E-state index contributed by atoms with van der Waals surface area (Å²) in [6.07, 6.45) is 1.85. The highest BCUT2D eigenvalue weighted by molar-refractivity contribution is 7.79. The zero-order valence-corrected chi connectivity index (χ0v) is 7.88. The van der Waals surface area contributed by atoms with E-state index in [9.17, 15) is 8.76 Å². The van der Waals surface area contributed by atoms with Gasteiger partial charge in [0.25, 0.3) is 0 Å². The van der Waals surface area contributed by atoms with Crippen molar-refractivity contribution in [1.29, 1.82) is 0 Å². The SMILES string of the molecule is Cn1ccc2c(S(=O)[O-])cccc21. The van der Waals surface area contributed by atoms with E-state index in [2.05, 4.69) is 0 Å². The first-order valence-electron chi connectivity index (χ1n) is 3.83. The van der Waals surface area contributed by atoms with Gasteiger partial charge in [0.1, 0.15) is 0 Å². The van der Waals surface area contributed by atoms with Crippen molar-refractivity contribution < 1.29 is 8.76 Å². The first kappa shape index (κ1) is 8.47. The fourth-order valence-corrected chi connectivity index (χ4v) is 1.96. The van der Waals surface area contributed by atoms with E-state index in [1.165, 1.54) is 0 Å². The van der Waals surface area contributed by atoms with Crippen molar-refractivity contribution in [2.24, 2.45) is 7.05 Å². The molecular formula is C9H8NO2S-. The van der Waals surface area contributed by atoms with Crippen LogP contribution >= 0.6 is 0 Å². The van der Waals surface area contributed by atoms with Crippen LogP contribution in [0.15, 0.2) is 35.4 Å². The Bertz CT molecular complexity index is 475. The number of hydrogen-bond acceptors (Lipinski definition) is 2. The Morgan fingerprint density at radius 3 is 2.85 bits per heavy atom. The van der Waals surface area contributed by atoms with Gasteiger partial charge in [-0.2, -0.15) is 0 Å². The summed E-state index contributed by atoms with van der Waals surface area (Å²) in [5.74, 6) is 0. The van der Waals surface area contributed by atoms with Gasteiger partial charge in [0.15, 0.2) is 0 Å². The summed E-state index contributed by atoms with van der Waals surface area (Å²) in [7, 11) is 1.89. The topological polar surface area (TPSA) is 45.1 Å². The normalized spacial score (nSPS) is 13.4. The largest absolute Gasteiger partial charge is 0.768 e. The van der Waals surface area contributed by atoms with Gasteiger partial charge in [-0.05, 0) is 29.3 Å². The van der Waals surface area contributed by atoms with Crippen molar-refractivity contribution >= 4 is 22.0 Å². The lowest BCUT2D eigenvalue weighted by Gasteiger charge is -2.06. The second kappa shape index (κ2) is 2.97. The highest BCUT2D eigenvalue weighted by Crippen LogP contribution is 2.21. The molecule has 0 aliphatic heterocycles. The molecule has 2 rings (SSSR count). The van der Waals surface area contributed by atoms with E-state index >= 15 is 0 Å². The molecule has 1 atom stereocenters. The van der Waals surface area contributed by atoms with Crippen molar-refractivity contribution in [3.63, 3.8) is 0 Å². The standard InChI is InChI=1S/C9H9NO2S/c1-10-6-5-7-8(10)3-2-4-9(7)13(11)12/h2-6H,1H3,(H,11,12)/p-1. The van der Waals surface area contributed by atoms with Gasteiger partial charge >= 0.3 is 0 Å². The molecule has 0 saturated carbocycles.